The third-order valence-corrected chi connectivity index (χ3v) is 13.9. The standard InChI is InChI=1S/C50H33N4O2P/c55-57(40-20-8-3-9-21-40)47-27-15-14-26-45(47)56-46-29-28-34(33-48(46)57)35-30-36(49-51-41-22-10-12-24-43(41)53(49)38-16-4-1-5-17-38)32-37(31-35)50-52-42-23-11-13-25-44(42)54(50)39-18-6-2-7-19-39/h1-33H. The lowest BCUT2D eigenvalue weighted by Crippen LogP contribution is -2.30. The maximum absolute atomic E-state index is 15.7. The first-order chi connectivity index (χ1) is 28.1. The van der Waals surface area contributed by atoms with Gasteiger partial charge >= 0.3 is 0 Å². The minimum Gasteiger partial charge on any atom is -0.456 e. The van der Waals surface area contributed by atoms with Crippen molar-refractivity contribution >= 4 is 45.1 Å². The topological polar surface area (TPSA) is 61.9 Å². The highest BCUT2D eigenvalue weighted by atomic mass is 31.2. The average molecular weight is 753 g/mol. The second kappa shape index (κ2) is 13.2. The van der Waals surface area contributed by atoms with E-state index >= 15 is 4.57 Å². The monoisotopic (exact) mass is 752 g/mol. The molecule has 1 atom stereocenters. The molecule has 0 saturated heterocycles. The van der Waals surface area contributed by atoms with Crippen LogP contribution in [-0.2, 0) is 4.57 Å². The number of imidazole rings is 2. The van der Waals surface area contributed by atoms with E-state index in [4.69, 9.17) is 14.7 Å². The molecule has 11 rings (SSSR count). The number of fused-ring (bicyclic) bond motifs is 4. The minimum atomic E-state index is -3.33. The molecule has 1 unspecified atom stereocenters. The smallest absolute Gasteiger partial charge is 0.178 e. The Balaban J connectivity index is 1.19. The summed E-state index contributed by atoms with van der Waals surface area (Å²) in [7, 11) is -3.33. The zero-order valence-electron chi connectivity index (χ0n) is 30.6. The van der Waals surface area contributed by atoms with Crippen molar-refractivity contribution in [1.29, 1.82) is 0 Å². The van der Waals surface area contributed by atoms with E-state index in [0.29, 0.717) is 22.1 Å². The van der Waals surface area contributed by atoms with Crippen molar-refractivity contribution in [2.24, 2.45) is 0 Å². The normalized spacial score (nSPS) is 14.6. The largest absolute Gasteiger partial charge is 0.456 e. The second-order valence-electron chi connectivity index (χ2n) is 14.2. The van der Waals surface area contributed by atoms with Gasteiger partial charge in [0, 0.05) is 27.8 Å². The van der Waals surface area contributed by atoms with E-state index in [1.54, 1.807) is 0 Å². The third-order valence-electron chi connectivity index (χ3n) is 10.8. The quantitative estimate of drug-likeness (QED) is 0.159. The number of para-hydroxylation sites is 7. The SMILES string of the molecule is O=P1(c2ccccc2)c2ccccc2Oc2ccc(-c3cc(-c4nc5ccccc5n4-c4ccccc4)cc(-c4nc5ccccc5n4-c4ccccc4)c3)cc21. The highest BCUT2D eigenvalue weighted by Crippen LogP contribution is 2.52. The van der Waals surface area contributed by atoms with E-state index in [2.05, 4.69) is 124 Å². The summed E-state index contributed by atoms with van der Waals surface area (Å²) in [6.07, 6.45) is 0. The van der Waals surface area contributed by atoms with Gasteiger partial charge in [-0.2, -0.15) is 0 Å². The summed E-state index contributed by atoms with van der Waals surface area (Å²) >= 11 is 0. The third kappa shape index (κ3) is 5.37. The van der Waals surface area contributed by atoms with Crippen LogP contribution >= 0.6 is 7.14 Å². The first kappa shape index (κ1) is 33.1. The summed E-state index contributed by atoms with van der Waals surface area (Å²) in [4.78, 5) is 10.6. The summed E-state index contributed by atoms with van der Waals surface area (Å²) < 4.78 is 26.6. The van der Waals surface area contributed by atoms with Gasteiger partial charge in [-0.1, -0.05) is 109 Å². The summed E-state index contributed by atoms with van der Waals surface area (Å²) in [6.45, 7) is 0. The lowest BCUT2D eigenvalue weighted by molar-refractivity contribution is 0.485. The van der Waals surface area contributed by atoms with Crippen LogP contribution in [0.1, 0.15) is 0 Å². The zero-order valence-corrected chi connectivity index (χ0v) is 31.5. The minimum absolute atomic E-state index is 0.595. The summed E-state index contributed by atoms with van der Waals surface area (Å²) in [5.74, 6) is 2.82. The van der Waals surface area contributed by atoms with Crippen LogP contribution in [0.5, 0.6) is 11.5 Å². The number of aromatic nitrogens is 4. The van der Waals surface area contributed by atoms with Crippen molar-refractivity contribution in [3.05, 3.63) is 200 Å². The molecule has 0 amide bonds. The maximum Gasteiger partial charge on any atom is 0.178 e. The van der Waals surface area contributed by atoms with Crippen LogP contribution < -0.4 is 20.7 Å². The number of hydrogen-bond acceptors (Lipinski definition) is 4. The Morgan fingerprint density at radius 1 is 0.404 bits per heavy atom. The Morgan fingerprint density at radius 3 is 1.47 bits per heavy atom. The van der Waals surface area contributed by atoms with Gasteiger partial charge in [0.05, 0.1) is 32.7 Å². The fraction of sp³-hybridized carbons (Fsp3) is 0. The molecule has 7 heteroatoms. The number of ether oxygens (including phenoxy) is 1. The second-order valence-corrected chi connectivity index (χ2v) is 16.9. The Bertz CT molecular complexity index is 3060. The van der Waals surface area contributed by atoms with Crippen LogP contribution in [0.15, 0.2) is 200 Å². The highest BCUT2D eigenvalue weighted by Gasteiger charge is 2.39. The predicted molar refractivity (Wildman–Crippen MR) is 231 cm³/mol. The molecular weight excluding hydrogens is 720 g/mol. The van der Waals surface area contributed by atoms with E-state index in [1.807, 2.05) is 84.9 Å². The molecule has 0 N–H and O–H groups in total. The van der Waals surface area contributed by atoms with E-state index in [9.17, 15) is 0 Å². The van der Waals surface area contributed by atoms with Gasteiger partial charge in [0.15, 0.2) is 7.14 Å². The van der Waals surface area contributed by atoms with Crippen molar-refractivity contribution < 1.29 is 9.30 Å². The molecular formula is C50H33N4O2P. The Hall–Kier alpha value is -7.27. The molecule has 1 aliphatic heterocycles. The molecule has 57 heavy (non-hydrogen) atoms. The van der Waals surface area contributed by atoms with Gasteiger partial charge in [0.25, 0.3) is 0 Å². The number of hydrogen-bond donors (Lipinski definition) is 0. The maximum atomic E-state index is 15.7. The summed E-state index contributed by atoms with van der Waals surface area (Å²) in [6, 6.07) is 67.3. The van der Waals surface area contributed by atoms with E-state index in [-0.39, 0.29) is 0 Å². The molecule has 0 aliphatic carbocycles. The fourth-order valence-electron chi connectivity index (χ4n) is 8.17. The van der Waals surface area contributed by atoms with Crippen LogP contribution in [0.2, 0.25) is 0 Å². The molecule has 6 nitrogen and oxygen atoms in total. The van der Waals surface area contributed by atoms with Crippen LogP contribution in [0.3, 0.4) is 0 Å². The molecule has 2 aromatic heterocycles. The van der Waals surface area contributed by atoms with Crippen molar-refractivity contribution in [1.82, 2.24) is 19.1 Å². The molecule has 8 aromatic carbocycles. The lowest BCUT2D eigenvalue weighted by atomic mass is 9.98. The Kier molecular flexibility index (Phi) is 7.66. The highest BCUT2D eigenvalue weighted by molar-refractivity contribution is 7.85. The van der Waals surface area contributed by atoms with E-state index < -0.39 is 7.14 Å². The summed E-state index contributed by atoms with van der Waals surface area (Å²) in [5.41, 5.74) is 9.51. The molecule has 1 aliphatic rings. The molecule has 0 radical (unpaired) electrons. The van der Waals surface area contributed by atoms with Gasteiger partial charge in [-0.05, 0) is 102 Å². The molecule has 3 heterocycles. The van der Waals surface area contributed by atoms with Gasteiger partial charge in [0.2, 0.25) is 0 Å². The Morgan fingerprint density at radius 2 is 0.877 bits per heavy atom. The molecule has 270 valence electrons. The van der Waals surface area contributed by atoms with Crippen molar-refractivity contribution in [2.45, 2.75) is 0 Å². The van der Waals surface area contributed by atoms with Gasteiger partial charge < -0.3 is 9.30 Å². The van der Waals surface area contributed by atoms with Crippen LogP contribution in [0, 0.1) is 0 Å². The lowest BCUT2D eigenvalue weighted by Gasteiger charge is -2.29. The zero-order chi connectivity index (χ0) is 37.9. The van der Waals surface area contributed by atoms with Crippen molar-refractivity contribution in [2.75, 3.05) is 0 Å². The first-order valence-electron chi connectivity index (χ1n) is 18.9. The Labute approximate surface area is 329 Å². The van der Waals surface area contributed by atoms with Crippen LogP contribution in [0.4, 0.5) is 0 Å². The first-order valence-corrected chi connectivity index (χ1v) is 20.6. The number of nitrogens with zero attached hydrogens (tertiary/aromatic N) is 4. The number of benzene rings is 8. The van der Waals surface area contributed by atoms with Gasteiger partial charge in [-0.3, -0.25) is 9.13 Å². The van der Waals surface area contributed by atoms with Gasteiger partial charge in [0.1, 0.15) is 23.1 Å². The molecule has 0 spiro atoms. The molecule has 0 bridgehead atoms. The molecule has 10 aromatic rings. The van der Waals surface area contributed by atoms with Gasteiger partial charge in [-0.15, -0.1) is 0 Å². The van der Waals surface area contributed by atoms with Crippen molar-refractivity contribution in [3.63, 3.8) is 0 Å². The summed E-state index contributed by atoms with van der Waals surface area (Å²) in [5, 5.41) is 2.13. The van der Waals surface area contributed by atoms with Crippen molar-refractivity contribution in [3.8, 4) is 56.8 Å². The number of rotatable bonds is 6. The molecule has 0 saturated carbocycles. The van der Waals surface area contributed by atoms with Crippen LogP contribution in [0.25, 0.3) is 67.3 Å². The van der Waals surface area contributed by atoms with Gasteiger partial charge in [-0.25, -0.2) is 9.97 Å². The van der Waals surface area contributed by atoms with Crippen LogP contribution in [-0.4, -0.2) is 19.1 Å². The predicted octanol–water partition coefficient (Wildman–Crippen LogP) is 11.1. The fourth-order valence-corrected chi connectivity index (χ4v) is 11.1. The molecule has 0 fully saturated rings. The van der Waals surface area contributed by atoms with E-state index in [1.165, 1.54) is 0 Å². The van der Waals surface area contributed by atoms with E-state index in [0.717, 1.165) is 72.6 Å². The average Bonchev–Trinajstić information content (AvgIpc) is 3.87.